The Morgan fingerprint density at radius 3 is 2.83 bits per heavy atom. The summed E-state index contributed by atoms with van der Waals surface area (Å²) in [6, 6.07) is 0. The molecule has 0 aromatic heterocycles. The summed E-state index contributed by atoms with van der Waals surface area (Å²) in [4.78, 5) is 0. The number of fused-ring (bicyclic) bond motifs is 2. The third-order valence-corrected chi connectivity index (χ3v) is 2.75. The third kappa shape index (κ3) is 1.26. The van der Waals surface area contributed by atoms with E-state index >= 15 is 0 Å². The van der Waals surface area contributed by atoms with Gasteiger partial charge in [0.1, 0.15) is 6.10 Å². The highest BCUT2D eigenvalue weighted by atomic mass is 16.8. The van der Waals surface area contributed by atoms with E-state index in [1.807, 2.05) is 6.92 Å². The second kappa shape index (κ2) is 2.69. The fourth-order valence-corrected chi connectivity index (χ4v) is 2.15. The van der Waals surface area contributed by atoms with Gasteiger partial charge in [-0.2, -0.15) is 0 Å². The van der Waals surface area contributed by atoms with Crippen molar-refractivity contribution in [3.05, 3.63) is 0 Å². The molecule has 3 unspecified atom stereocenters. The normalized spacial score (nSPS) is 49.2. The molecule has 2 heterocycles. The van der Waals surface area contributed by atoms with E-state index in [4.69, 9.17) is 9.47 Å². The first-order valence-electron chi connectivity index (χ1n) is 4.64. The summed E-state index contributed by atoms with van der Waals surface area (Å²) in [6.07, 6.45) is 2.69. The molecule has 2 rings (SSSR count). The van der Waals surface area contributed by atoms with Crippen LogP contribution >= 0.6 is 0 Å². The second-order valence-corrected chi connectivity index (χ2v) is 4.01. The molecule has 0 saturated carbocycles. The minimum absolute atomic E-state index is 0.113. The lowest BCUT2D eigenvalue weighted by molar-refractivity contribution is -0.183. The van der Waals surface area contributed by atoms with Gasteiger partial charge >= 0.3 is 0 Å². The summed E-state index contributed by atoms with van der Waals surface area (Å²) in [6.45, 7) is 3.72. The second-order valence-electron chi connectivity index (χ2n) is 4.01. The highest BCUT2D eigenvalue weighted by Crippen LogP contribution is 2.40. The van der Waals surface area contributed by atoms with Crippen LogP contribution < -0.4 is 0 Å². The van der Waals surface area contributed by atoms with Gasteiger partial charge in [-0.1, -0.05) is 0 Å². The quantitative estimate of drug-likeness (QED) is 0.642. The van der Waals surface area contributed by atoms with Gasteiger partial charge in [0, 0.05) is 6.42 Å². The highest BCUT2D eigenvalue weighted by molar-refractivity contribution is 4.90. The number of hydrogen-bond acceptors (Lipinski definition) is 3. The Hall–Kier alpha value is -0.120. The molecule has 2 saturated heterocycles. The zero-order chi connectivity index (χ0) is 8.77. The van der Waals surface area contributed by atoms with Gasteiger partial charge in [0.25, 0.3) is 0 Å². The lowest BCUT2D eigenvalue weighted by Gasteiger charge is -2.26. The SMILES string of the molecule is CC(O)C1O[C@]2(C)CCCC1O2. The van der Waals surface area contributed by atoms with Gasteiger partial charge in [0.2, 0.25) is 0 Å². The molecule has 0 aromatic carbocycles. The van der Waals surface area contributed by atoms with Crippen molar-refractivity contribution in [2.75, 3.05) is 0 Å². The van der Waals surface area contributed by atoms with E-state index in [-0.39, 0.29) is 12.2 Å². The van der Waals surface area contributed by atoms with Crippen molar-refractivity contribution in [2.24, 2.45) is 0 Å². The van der Waals surface area contributed by atoms with Crippen molar-refractivity contribution in [1.29, 1.82) is 0 Å². The molecule has 4 atom stereocenters. The van der Waals surface area contributed by atoms with Gasteiger partial charge in [-0.15, -0.1) is 0 Å². The van der Waals surface area contributed by atoms with Gasteiger partial charge in [0.05, 0.1) is 12.2 Å². The third-order valence-electron chi connectivity index (χ3n) is 2.75. The van der Waals surface area contributed by atoms with E-state index in [0.29, 0.717) is 0 Å². The molecule has 2 fully saturated rings. The van der Waals surface area contributed by atoms with Gasteiger partial charge in [-0.05, 0) is 26.7 Å². The zero-order valence-electron chi connectivity index (χ0n) is 7.62. The molecule has 70 valence electrons. The van der Waals surface area contributed by atoms with Crippen LogP contribution in [0.15, 0.2) is 0 Å². The average molecular weight is 172 g/mol. The number of rotatable bonds is 1. The van der Waals surface area contributed by atoms with E-state index in [9.17, 15) is 5.11 Å². The Bertz CT molecular complexity index is 181. The Morgan fingerprint density at radius 1 is 1.50 bits per heavy atom. The van der Waals surface area contributed by atoms with Crippen molar-refractivity contribution in [3.8, 4) is 0 Å². The Morgan fingerprint density at radius 2 is 2.25 bits per heavy atom. The summed E-state index contributed by atoms with van der Waals surface area (Å²) in [5.41, 5.74) is 0. The van der Waals surface area contributed by atoms with Crippen LogP contribution in [0.25, 0.3) is 0 Å². The van der Waals surface area contributed by atoms with E-state index in [2.05, 4.69) is 0 Å². The van der Waals surface area contributed by atoms with Crippen molar-refractivity contribution in [3.63, 3.8) is 0 Å². The molecular weight excluding hydrogens is 156 g/mol. The van der Waals surface area contributed by atoms with Crippen LogP contribution in [-0.4, -0.2) is 29.2 Å². The summed E-state index contributed by atoms with van der Waals surface area (Å²) >= 11 is 0. The van der Waals surface area contributed by atoms with Crippen LogP contribution in [-0.2, 0) is 9.47 Å². The smallest absolute Gasteiger partial charge is 0.166 e. The molecule has 2 aliphatic rings. The summed E-state index contributed by atoms with van der Waals surface area (Å²) in [7, 11) is 0. The lowest BCUT2D eigenvalue weighted by atomic mass is 10.0. The molecule has 0 aromatic rings. The molecule has 0 spiro atoms. The predicted octanol–water partition coefficient (Wildman–Crippen LogP) is 1.05. The van der Waals surface area contributed by atoms with Crippen LogP contribution in [0.3, 0.4) is 0 Å². The van der Waals surface area contributed by atoms with Crippen molar-refractivity contribution in [1.82, 2.24) is 0 Å². The van der Waals surface area contributed by atoms with Crippen molar-refractivity contribution < 1.29 is 14.6 Å². The number of ether oxygens (including phenoxy) is 2. The largest absolute Gasteiger partial charge is 0.391 e. The monoisotopic (exact) mass is 172 g/mol. The number of hydrogen-bond donors (Lipinski definition) is 1. The maximum atomic E-state index is 9.41. The molecule has 0 radical (unpaired) electrons. The molecule has 3 nitrogen and oxygen atoms in total. The maximum Gasteiger partial charge on any atom is 0.166 e. The van der Waals surface area contributed by atoms with E-state index < -0.39 is 11.9 Å². The highest BCUT2D eigenvalue weighted by Gasteiger charge is 2.48. The van der Waals surface area contributed by atoms with E-state index in [0.717, 1.165) is 19.3 Å². The predicted molar refractivity (Wildman–Crippen MR) is 43.7 cm³/mol. The van der Waals surface area contributed by atoms with Crippen LogP contribution in [0.4, 0.5) is 0 Å². The standard InChI is InChI=1S/C9H16O3/c1-6(10)8-7-4-3-5-9(2,11-7)12-8/h6-8,10H,3-5H2,1-2H3/t6?,7?,8?,9-/m1/s1. The van der Waals surface area contributed by atoms with E-state index in [1.165, 1.54) is 0 Å². The van der Waals surface area contributed by atoms with Crippen LogP contribution in [0.5, 0.6) is 0 Å². The van der Waals surface area contributed by atoms with Gasteiger partial charge in [0.15, 0.2) is 5.79 Å². The van der Waals surface area contributed by atoms with Gasteiger partial charge in [-0.25, -0.2) is 0 Å². The molecule has 12 heavy (non-hydrogen) atoms. The minimum Gasteiger partial charge on any atom is -0.391 e. The van der Waals surface area contributed by atoms with Gasteiger partial charge in [-0.3, -0.25) is 0 Å². The Labute approximate surface area is 72.7 Å². The first-order valence-corrected chi connectivity index (χ1v) is 4.64. The first-order chi connectivity index (χ1) is 5.61. The Kier molecular flexibility index (Phi) is 1.90. The number of aliphatic hydroxyl groups excluding tert-OH is 1. The lowest BCUT2D eigenvalue weighted by Crippen LogP contribution is -2.32. The molecule has 3 heteroatoms. The molecule has 0 aliphatic carbocycles. The summed E-state index contributed by atoms with van der Waals surface area (Å²) in [5.74, 6) is -0.412. The zero-order valence-corrected chi connectivity index (χ0v) is 7.62. The molecule has 1 N–H and O–H groups in total. The summed E-state index contributed by atoms with van der Waals surface area (Å²) in [5, 5.41) is 9.41. The van der Waals surface area contributed by atoms with Crippen molar-refractivity contribution in [2.45, 2.75) is 57.2 Å². The molecular formula is C9H16O3. The van der Waals surface area contributed by atoms with Crippen LogP contribution in [0.1, 0.15) is 33.1 Å². The fraction of sp³-hybridized carbons (Fsp3) is 1.00. The minimum atomic E-state index is -0.421. The van der Waals surface area contributed by atoms with Gasteiger partial charge < -0.3 is 14.6 Å². The van der Waals surface area contributed by atoms with Crippen LogP contribution in [0, 0.1) is 0 Å². The van der Waals surface area contributed by atoms with Crippen LogP contribution in [0.2, 0.25) is 0 Å². The summed E-state index contributed by atoms with van der Waals surface area (Å²) < 4.78 is 11.3. The van der Waals surface area contributed by atoms with Crippen molar-refractivity contribution >= 4 is 0 Å². The fourth-order valence-electron chi connectivity index (χ4n) is 2.15. The molecule has 2 aliphatic heterocycles. The number of aliphatic hydroxyl groups is 1. The van der Waals surface area contributed by atoms with E-state index in [1.54, 1.807) is 6.92 Å². The Balaban J connectivity index is 2.12. The first kappa shape index (κ1) is 8.48. The maximum absolute atomic E-state index is 9.41. The topological polar surface area (TPSA) is 38.7 Å². The molecule has 2 bridgehead atoms. The molecule has 0 amide bonds. The average Bonchev–Trinajstić information content (AvgIpc) is 2.22.